The van der Waals surface area contributed by atoms with Gasteiger partial charge in [0.1, 0.15) is 12.5 Å². The number of carboxylic acid groups (broad SMARTS) is 1. The predicted molar refractivity (Wildman–Crippen MR) is 76.7 cm³/mol. The van der Waals surface area contributed by atoms with Gasteiger partial charge in [-0.15, -0.1) is 0 Å². The summed E-state index contributed by atoms with van der Waals surface area (Å²) in [5.74, 6) is -0.663. The zero-order chi connectivity index (χ0) is 15.1. The van der Waals surface area contributed by atoms with E-state index in [0.717, 1.165) is 12.8 Å². The number of unbranched alkanes of at least 4 members (excludes halogenated alkanes) is 6. The van der Waals surface area contributed by atoms with Crippen LogP contribution in [-0.4, -0.2) is 33.7 Å². The molecule has 0 spiro atoms. The summed E-state index contributed by atoms with van der Waals surface area (Å²) in [6, 6.07) is 0. The average molecular weight is 277 g/mol. The molecular weight excluding hydrogens is 246 g/mol. The Morgan fingerprint density at radius 2 is 1.37 bits per heavy atom. The summed E-state index contributed by atoms with van der Waals surface area (Å²) in [5, 5.41) is 27.7. The highest BCUT2D eigenvalue weighted by molar-refractivity contribution is 5.66. The molecule has 0 aliphatic rings. The molecule has 0 saturated heterocycles. The van der Waals surface area contributed by atoms with Crippen LogP contribution in [0.4, 0.5) is 0 Å². The van der Waals surface area contributed by atoms with E-state index in [1.807, 2.05) is 0 Å². The van der Waals surface area contributed by atoms with Crippen LogP contribution in [-0.2, 0) is 4.79 Å². The number of aliphatic carboxylic acids is 1. The minimum atomic E-state index is -0.663. The van der Waals surface area contributed by atoms with Crippen molar-refractivity contribution < 1.29 is 20.1 Å². The Morgan fingerprint density at radius 3 is 1.68 bits per heavy atom. The Morgan fingerprint density at radius 1 is 0.947 bits per heavy atom. The summed E-state index contributed by atoms with van der Waals surface area (Å²) in [4.78, 5) is 10.1. The van der Waals surface area contributed by atoms with Crippen LogP contribution in [0.3, 0.4) is 0 Å². The highest BCUT2D eigenvalue weighted by atomic mass is 16.4. The van der Waals surface area contributed by atoms with Crippen molar-refractivity contribution in [3.8, 4) is 0 Å². The van der Waals surface area contributed by atoms with Crippen LogP contribution in [0.1, 0.15) is 72.1 Å². The molecule has 0 radical (unpaired) electrons. The van der Waals surface area contributed by atoms with Gasteiger partial charge < -0.3 is 15.3 Å². The fourth-order valence-corrected chi connectivity index (χ4v) is 1.58. The molecule has 19 heavy (non-hydrogen) atoms. The summed E-state index contributed by atoms with van der Waals surface area (Å²) in [6.45, 7) is 5.30. The molecule has 0 rings (SSSR count). The van der Waals surface area contributed by atoms with Gasteiger partial charge >= 0.3 is 5.97 Å². The largest absolute Gasteiger partial charge is 0.481 e. The van der Waals surface area contributed by atoms with Crippen LogP contribution in [0.5, 0.6) is 0 Å². The maximum atomic E-state index is 10.1. The maximum absolute atomic E-state index is 10.1. The van der Waals surface area contributed by atoms with E-state index >= 15 is 0 Å². The van der Waals surface area contributed by atoms with Crippen molar-refractivity contribution in [2.24, 2.45) is 0 Å². The summed E-state index contributed by atoms with van der Waals surface area (Å²) in [6.07, 6.45) is 7.39. The van der Waals surface area contributed by atoms with Crippen molar-refractivity contribution in [1.29, 1.82) is 0 Å². The SMILES string of the molecule is CC(O)NC(C)O.CCCCCCCCCC(=O)O. The zero-order valence-corrected chi connectivity index (χ0v) is 12.6. The molecule has 5 heteroatoms. The molecule has 4 N–H and O–H groups in total. The van der Waals surface area contributed by atoms with E-state index in [0.29, 0.717) is 6.42 Å². The number of hydrogen-bond acceptors (Lipinski definition) is 4. The third kappa shape index (κ3) is 26.8. The van der Waals surface area contributed by atoms with E-state index in [1.165, 1.54) is 32.1 Å². The number of hydrogen-bond donors (Lipinski definition) is 4. The predicted octanol–water partition coefficient (Wildman–Crippen LogP) is 2.46. The normalized spacial score (nSPS) is 13.3. The molecule has 0 heterocycles. The number of carbonyl (C=O) groups is 1. The van der Waals surface area contributed by atoms with Crippen molar-refractivity contribution in [1.82, 2.24) is 5.32 Å². The number of aliphatic hydroxyl groups excluding tert-OH is 2. The van der Waals surface area contributed by atoms with Gasteiger partial charge in [-0.3, -0.25) is 10.1 Å². The van der Waals surface area contributed by atoms with Gasteiger partial charge in [0.15, 0.2) is 0 Å². The second kappa shape index (κ2) is 15.4. The monoisotopic (exact) mass is 277 g/mol. The highest BCUT2D eigenvalue weighted by Gasteiger charge is 1.96. The third-order valence-corrected chi connectivity index (χ3v) is 2.48. The fourth-order valence-electron chi connectivity index (χ4n) is 1.58. The lowest BCUT2D eigenvalue weighted by atomic mass is 10.1. The van der Waals surface area contributed by atoms with E-state index in [2.05, 4.69) is 12.2 Å². The average Bonchev–Trinajstić information content (AvgIpc) is 2.26. The summed E-state index contributed by atoms with van der Waals surface area (Å²) < 4.78 is 0. The van der Waals surface area contributed by atoms with Gasteiger partial charge in [-0.05, 0) is 20.3 Å². The first-order valence-corrected chi connectivity index (χ1v) is 7.24. The van der Waals surface area contributed by atoms with Crippen molar-refractivity contribution in [2.45, 2.75) is 84.6 Å². The van der Waals surface area contributed by atoms with Crippen LogP contribution in [0.2, 0.25) is 0 Å². The molecule has 0 aliphatic heterocycles. The zero-order valence-electron chi connectivity index (χ0n) is 12.6. The number of carboxylic acids is 1. The Kier molecular flexibility index (Phi) is 16.8. The highest BCUT2D eigenvalue weighted by Crippen LogP contribution is 2.07. The smallest absolute Gasteiger partial charge is 0.303 e. The van der Waals surface area contributed by atoms with E-state index in [-0.39, 0.29) is 0 Å². The second-order valence-electron chi connectivity index (χ2n) is 4.78. The Labute approximate surface area is 117 Å². The molecule has 0 saturated carbocycles. The minimum absolute atomic E-state index is 0.341. The first kappa shape index (κ1) is 20.7. The molecule has 2 atom stereocenters. The van der Waals surface area contributed by atoms with E-state index in [4.69, 9.17) is 15.3 Å². The fraction of sp³-hybridized carbons (Fsp3) is 0.929. The Bertz CT molecular complexity index is 190. The lowest BCUT2D eigenvalue weighted by molar-refractivity contribution is -0.137. The van der Waals surface area contributed by atoms with Crippen LogP contribution < -0.4 is 5.32 Å². The molecule has 0 aromatic rings. The van der Waals surface area contributed by atoms with Gasteiger partial charge in [-0.25, -0.2) is 0 Å². The molecular formula is C14H31NO4. The standard InChI is InChI=1S/C10H20O2.C4H11NO2/c1-2-3-4-5-6-7-8-9-10(11)12;1-3(6)5-4(2)7/h2-9H2,1H3,(H,11,12);3-7H,1-2H3. The molecule has 0 aliphatic carbocycles. The molecule has 116 valence electrons. The van der Waals surface area contributed by atoms with Gasteiger partial charge in [-0.2, -0.15) is 0 Å². The van der Waals surface area contributed by atoms with Crippen molar-refractivity contribution in [2.75, 3.05) is 0 Å². The maximum Gasteiger partial charge on any atom is 0.303 e. The van der Waals surface area contributed by atoms with Gasteiger partial charge in [0.25, 0.3) is 0 Å². The number of aliphatic hydroxyl groups is 2. The Hall–Kier alpha value is -0.650. The van der Waals surface area contributed by atoms with E-state index in [9.17, 15) is 4.79 Å². The first-order valence-electron chi connectivity index (χ1n) is 7.24. The van der Waals surface area contributed by atoms with Crippen molar-refractivity contribution in [3.05, 3.63) is 0 Å². The molecule has 2 unspecified atom stereocenters. The molecule has 0 aromatic heterocycles. The lowest BCUT2D eigenvalue weighted by Gasteiger charge is -2.08. The van der Waals surface area contributed by atoms with Gasteiger partial charge in [-0.1, -0.05) is 45.4 Å². The molecule has 0 fully saturated rings. The number of nitrogens with one attached hydrogen (secondary N) is 1. The van der Waals surface area contributed by atoms with E-state index in [1.54, 1.807) is 13.8 Å². The second-order valence-corrected chi connectivity index (χ2v) is 4.78. The molecule has 0 amide bonds. The van der Waals surface area contributed by atoms with Gasteiger partial charge in [0.05, 0.1) is 0 Å². The molecule has 0 bridgehead atoms. The van der Waals surface area contributed by atoms with Crippen LogP contribution in [0.25, 0.3) is 0 Å². The molecule has 5 nitrogen and oxygen atoms in total. The summed E-state index contributed by atoms with van der Waals surface area (Å²) >= 11 is 0. The topological polar surface area (TPSA) is 89.8 Å². The minimum Gasteiger partial charge on any atom is -0.481 e. The quantitative estimate of drug-likeness (QED) is 0.364. The lowest BCUT2D eigenvalue weighted by Crippen LogP contribution is -2.33. The van der Waals surface area contributed by atoms with Crippen molar-refractivity contribution >= 4 is 5.97 Å². The van der Waals surface area contributed by atoms with Crippen LogP contribution >= 0.6 is 0 Å². The third-order valence-electron chi connectivity index (χ3n) is 2.48. The van der Waals surface area contributed by atoms with Crippen LogP contribution in [0.15, 0.2) is 0 Å². The van der Waals surface area contributed by atoms with Gasteiger partial charge in [0.2, 0.25) is 0 Å². The summed E-state index contributed by atoms with van der Waals surface area (Å²) in [7, 11) is 0. The number of rotatable bonds is 10. The molecule has 0 aromatic carbocycles. The van der Waals surface area contributed by atoms with Gasteiger partial charge in [0, 0.05) is 6.42 Å². The van der Waals surface area contributed by atoms with Crippen molar-refractivity contribution in [3.63, 3.8) is 0 Å². The van der Waals surface area contributed by atoms with E-state index < -0.39 is 18.4 Å². The Balaban J connectivity index is 0. The summed E-state index contributed by atoms with van der Waals surface area (Å²) in [5.41, 5.74) is 0. The van der Waals surface area contributed by atoms with Crippen LogP contribution in [0, 0.1) is 0 Å². The first-order chi connectivity index (χ1) is 8.90.